The molecule has 0 aromatic carbocycles. The second-order valence-corrected chi connectivity index (χ2v) is 4.33. The Hall–Kier alpha value is -1.83. The van der Waals surface area contributed by atoms with Gasteiger partial charge in [-0.25, -0.2) is 4.98 Å². The molecule has 1 aliphatic heterocycles. The number of hydrogen-bond donors (Lipinski definition) is 0. The van der Waals surface area contributed by atoms with Crippen molar-refractivity contribution in [2.24, 2.45) is 0 Å². The molecule has 110 valence electrons. The van der Waals surface area contributed by atoms with Gasteiger partial charge in [-0.05, 0) is 6.07 Å². The topological polar surface area (TPSA) is 51.7 Å². The summed E-state index contributed by atoms with van der Waals surface area (Å²) in [5, 5.41) is 0. The van der Waals surface area contributed by atoms with Crippen LogP contribution in [0.3, 0.4) is 0 Å². The summed E-state index contributed by atoms with van der Waals surface area (Å²) < 4.78 is 47.4. The van der Waals surface area contributed by atoms with Crippen molar-refractivity contribution in [3.05, 3.63) is 23.9 Å². The van der Waals surface area contributed by atoms with E-state index in [0.29, 0.717) is 13.1 Å². The number of carbonyl (C=O) groups excluding carboxylic acids is 1. The van der Waals surface area contributed by atoms with Crippen LogP contribution in [0.5, 0.6) is 5.88 Å². The van der Waals surface area contributed by atoms with Crippen molar-refractivity contribution in [1.29, 1.82) is 0 Å². The molecule has 1 amide bonds. The summed E-state index contributed by atoms with van der Waals surface area (Å²) in [4.78, 5) is 16.3. The zero-order valence-corrected chi connectivity index (χ0v) is 10.7. The fourth-order valence-electron chi connectivity index (χ4n) is 1.74. The normalized spacial score (nSPS) is 15.9. The molecule has 0 atom stereocenters. The van der Waals surface area contributed by atoms with Crippen molar-refractivity contribution in [3.63, 3.8) is 0 Å². The van der Waals surface area contributed by atoms with Gasteiger partial charge in [0.25, 0.3) is 0 Å². The van der Waals surface area contributed by atoms with E-state index in [1.54, 1.807) is 0 Å². The second-order valence-electron chi connectivity index (χ2n) is 4.33. The van der Waals surface area contributed by atoms with E-state index < -0.39 is 11.9 Å². The van der Waals surface area contributed by atoms with E-state index in [9.17, 15) is 18.0 Å². The number of nitrogens with zero attached hydrogens (tertiary/aromatic N) is 2. The van der Waals surface area contributed by atoms with E-state index in [4.69, 9.17) is 9.47 Å². The van der Waals surface area contributed by atoms with Gasteiger partial charge in [0.2, 0.25) is 11.8 Å². The number of amides is 1. The molecule has 0 saturated carbocycles. The molecule has 2 heterocycles. The molecule has 0 bridgehead atoms. The third-order valence-corrected chi connectivity index (χ3v) is 2.77. The van der Waals surface area contributed by atoms with E-state index >= 15 is 0 Å². The van der Waals surface area contributed by atoms with Crippen molar-refractivity contribution >= 4 is 5.91 Å². The third-order valence-electron chi connectivity index (χ3n) is 2.77. The number of ether oxygens (including phenoxy) is 2. The first-order valence-corrected chi connectivity index (χ1v) is 5.88. The number of aromatic nitrogens is 1. The highest BCUT2D eigenvalue weighted by molar-refractivity contribution is 5.78. The molecule has 1 fully saturated rings. The van der Waals surface area contributed by atoms with Crippen LogP contribution >= 0.6 is 0 Å². The highest BCUT2D eigenvalue weighted by Gasteiger charge is 2.34. The van der Waals surface area contributed by atoms with Crippen molar-refractivity contribution in [3.8, 4) is 5.88 Å². The Morgan fingerprint density at radius 1 is 1.45 bits per heavy atom. The molecule has 20 heavy (non-hydrogen) atoms. The van der Waals surface area contributed by atoms with Crippen LogP contribution in [0.4, 0.5) is 13.2 Å². The lowest BCUT2D eigenvalue weighted by Gasteiger charge is -2.38. The van der Waals surface area contributed by atoms with Gasteiger partial charge in [-0.1, -0.05) is 6.07 Å². The van der Waals surface area contributed by atoms with Crippen LogP contribution in [0.2, 0.25) is 0 Å². The summed E-state index contributed by atoms with van der Waals surface area (Å²) in [6.45, 7) is 0.620. The number of likely N-dealkylation sites (tertiary alicyclic amines) is 1. The number of hydrogen-bond acceptors (Lipinski definition) is 4. The fraction of sp³-hybridized carbons (Fsp3) is 0.500. The van der Waals surface area contributed by atoms with Gasteiger partial charge >= 0.3 is 6.18 Å². The smallest absolute Gasteiger partial charge is 0.433 e. The summed E-state index contributed by atoms with van der Waals surface area (Å²) in [6.07, 6.45) is -4.84. The van der Waals surface area contributed by atoms with E-state index in [-0.39, 0.29) is 24.5 Å². The summed E-state index contributed by atoms with van der Waals surface area (Å²) in [5.74, 6) is -0.270. The van der Waals surface area contributed by atoms with Gasteiger partial charge in [0.1, 0.15) is 18.4 Å². The van der Waals surface area contributed by atoms with Crippen molar-refractivity contribution < 1.29 is 27.4 Å². The Kier molecular flexibility index (Phi) is 4.12. The van der Waals surface area contributed by atoms with Crippen LogP contribution in [-0.4, -0.2) is 48.7 Å². The second kappa shape index (κ2) is 5.66. The predicted octanol–water partition coefficient (Wildman–Crippen LogP) is 1.34. The van der Waals surface area contributed by atoms with Gasteiger partial charge < -0.3 is 14.4 Å². The van der Waals surface area contributed by atoms with Gasteiger partial charge in [-0.15, -0.1) is 0 Å². The Bertz CT molecular complexity index is 487. The van der Waals surface area contributed by atoms with Crippen molar-refractivity contribution in [2.75, 3.05) is 26.8 Å². The molecule has 0 spiro atoms. The Balaban J connectivity index is 1.89. The average Bonchev–Trinajstić information content (AvgIpc) is 2.33. The van der Waals surface area contributed by atoms with E-state index in [1.165, 1.54) is 24.1 Å². The lowest BCUT2D eigenvalue weighted by atomic mass is 10.1. The first-order chi connectivity index (χ1) is 9.40. The molecule has 0 unspecified atom stereocenters. The minimum absolute atomic E-state index is 0.0193. The molecule has 1 aromatic heterocycles. The highest BCUT2D eigenvalue weighted by atomic mass is 19.4. The summed E-state index contributed by atoms with van der Waals surface area (Å²) >= 11 is 0. The SMILES string of the molecule is COCC(=O)N1CC(Oc2cccc(C(F)(F)F)n2)C1. The largest absolute Gasteiger partial charge is 0.471 e. The van der Waals surface area contributed by atoms with Gasteiger partial charge in [-0.3, -0.25) is 4.79 Å². The highest BCUT2D eigenvalue weighted by Crippen LogP contribution is 2.29. The number of rotatable bonds is 4. The van der Waals surface area contributed by atoms with Crippen LogP contribution in [0, 0.1) is 0 Å². The predicted molar refractivity (Wildman–Crippen MR) is 62.1 cm³/mol. The van der Waals surface area contributed by atoms with E-state index in [2.05, 4.69) is 4.98 Å². The molecule has 2 rings (SSSR count). The van der Waals surface area contributed by atoms with Crippen LogP contribution < -0.4 is 4.74 Å². The summed E-state index contributed by atoms with van der Waals surface area (Å²) in [7, 11) is 1.41. The molecule has 1 saturated heterocycles. The van der Waals surface area contributed by atoms with Crippen LogP contribution in [-0.2, 0) is 15.7 Å². The molecule has 0 aliphatic carbocycles. The number of pyridine rings is 1. The maximum atomic E-state index is 12.5. The van der Waals surface area contributed by atoms with Gasteiger partial charge in [-0.2, -0.15) is 13.2 Å². The molecule has 0 N–H and O–H groups in total. The standard InChI is InChI=1S/C12H13F3N2O3/c1-19-7-11(18)17-5-8(6-17)20-10-4-2-3-9(16-10)12(13,14)15/h2-4,8H,5-7H2,1H3. The molecule has 0 radical (unpaired) electrons. The van der Waals surface area contributed by atoms with Crippen LogP contribution in [0.25, 0.3) is 0 Å². The molecule has 1 aromatic rings. The first kappa shape index (κ1) is 14.6. The summed E-state index contributed by atoms with van der Waals surface area (Å²) in [5.41, 5.74) is -0.998. The number of carbonyl (C=O) groups is 1. The third kappa shape index (κ3) is 3.38. The van der Waals surface area contributed by atoms with Crippen molar-refractivity contribution in [2.45, 2.75) is 12.3 Å². The monoisotopic (exact) mass is 290 g/mol. The van der Waals surface area contributed by atoms with E-state index in [1.807, 2.05) is 0 Å². The number of methoxy groups -OCH3 is 1. The Labute approximate surface area is 113 Å². The lowest BCUT2D eigenvalue weighted by molar-refractivity contribution is -0.144. The van der Waals surface area contributed by atoms with Gasteiger partial charge in [0.15, 0.2) is 0 Å². The fourth-order valence-corrected chi connectivity index (χ4v) is 1.74. The zero-order chi connectivity index (χ0) is 14.8. The summed E-state index contributed by atoms with van der Waals surface area (Å²) in [6, 6.07) is 3.47. The molecule has 1 aliphatic rings. The molecule has 8 heteroatoms. The Morgan fingerprint density at radius 3 is 2.75 bits per heavy atom. The number of alkyl halides is 3. The molecule has 5 nitrogen and oxygen atoms in total. The Morgan fingerprint density at radius 2 is 2.15 bits per heavy atom. The van der Waals surface area contributed by atoms with Gasteiger partial charge in [0.05, 0.1) is 13.1 Å². The van der Waals surface area contributed by atoms with E-state index in [0.717, 1.165) is 6.07 Å². The van der Waals surface area contributed by atoms with Crippen LogP contribution in [0.1, 0.15) is 5.69 Å². The average molecular weight is 290 g/mol. The maximum absolute atomic E-state index is 12.5. The molecular formula is C12H13F3N2O3. The number of halogens is 3. The van der Waals surface area contributed by atoms with Crippen molar-refractivity contribution in [1.82, 2.24) is 9.88 Å². The maximum Gasteiger partial charge on any atom is 0.433 e. The minimum atomic E-state index is -4.50. The lowest BCUT2D eigenvalue weighted by Crippen LogP contribution is -2.57. The quantitative estimate of drug-likeness (QED) is 0.839. The van der Waals surface area contributed by atoms with Crippen LogP contribution in [0.15, 0.2) is 18.2 Å². The first-order valence-electron chi connectivity index (χ1n) is 5.88. The minimum Gasteiger partial charge on any atom is -0.471 e. The van der Waals surface area contributed by atoms with Gasteiger partial charge in [0, 0.05) is 13.2 Å². The molecular weight excluding hydrogens is 277 g/mol. The zero-order valence-electron chi connectivity index (χ0n) is 10.7.